The smallest absolute Gasteiger partial charge is 0.306 e. The molecule has 0 aliphatic heterocycles. The molecule has 208 valence electrons. The van der Waals surface area contributed by atoms with Crippen LogP contribution in [0.5, 0.6) is 11.6 Å². The number of hydrogen-bond acceptors (Lipinski definition) is 8. The van der Waals surface area contributed by atoms with Crippen LogP contribution < -0.4 is 14.8 Å². The lowest BCUT2D eigenvalue weighted by atomic mass is 10.00. The van der Waals surface area contributed by atoms with Crippen molar-refractivity contribution in [3.05, 3.63) is 72.1 Å². The van der Waals surface area contributed by atoms with Gasteiger partial charge in [-0.1, -0.05) is 18.2 Å². The maximum atomic E-state index is 13.0. The van der Waals surface area contributed by atoms with Gasteiger partial charge in [-0.05, 0) is 68.5 Å². The number of aliphatic carboxylic acids is 1. The van der Waals surface area contributed by atoms with E-state index in [0.29, 0.717) is 24.3 Å². The van der Waals surface area contributed by atoms with Crippen LogP contribution in [0.4, 0.5) is 11.6 Å². The first-order valence-electron chi connectivity index (χ1n) is 12.8. The normalized spacial score (nSPS) is 17.0. The summed E-state index contributed by atoms with van der Waals surface area (Å²) in [5.74, 6) is -0.537. The van der Waals surface area contributed by atoms with Crippen molar-refractivity contribution in [2.75, 3.05) is 10.0 Å². The molecule has 3 N–H and O–H groups in total. The Bertz CT molecular complexity index is 1630. The molecule has 2 heterocycles. The molecule has 1 saturated carbocycles. The molecule has 40 heavy (non-hydrogen) atoms. The number of ether oxygens (including phenoxy) is 1. The number of benzene rings is 2. The Morgan fingerprint density at radius 1 is 1.07 bits per heavy atom. The number of carboxylic acids is 1. The summed E-state index contributed by atoms with van der Waals surface area (Å²) in [5, 5.41) is 16.6. The van der Waals surface area contributed by atoms with E-state index in [9.17, 15) is 18.3 Å². The van der Waals surface area contributed by atoms with Crippen LogP contribution >= 0.6 is 0 Å². The summed E-state index contributed by atoms with van der Waals surface area (Å²) in [4.78, 5) is 20.1. The Hall–Kier alpha value is -4.45. The largest absolute Gasteiger partial charge is 0.481 e. The molecule has 2 aromatic carbocycles. The van der Waals surface area contributed by atoms with Gasteiger partial charge >= 0.3 is 5.97 Å². The second-order valence-corrected chi connectivity index (χ2v) is 11.6. The number of anilines is 2. The summed E-state index contributed by atoms with van der Waals surface area (Å²) in [6.07, 6.45) is 4.69. The summed E-state index contributed by atoms with van der Waals surface area (Å²) >= 11 is 0. The number of nitrogens with zero attached hydrogens (tertiary/aromatic N) is 4. The van der Waals surface area contributed by atoms with Gasteiger partial charge in [0.15, 0.2) is 0 Å². The molecule has 0 amide bonds. The van der Waals surface area contributed by atoms with E-state index in [-0.39, 0.29) is 28.7 Å². The number of aryl methyl sites for hydroxylation is 3. The number of nitrogens with one attached hydrogen (secondary N) is 2. The number of carbonyl (C=O) groups is 1. The summed E-state index contributed by atoms with van der Waals surface area (Å²) in [6, 6.07) is 14.9. The van der Waals surface area contributed by atoms with Gasteiger partial charge in [0.05, 0.1) is 17.8 Å². The molecule has 1 aliphatic carbocycles. The fourth-order valence-electron chi connectivity index (χ4n) is 4.90. The van der Waals surface area contributed by atoms with Crippen LogP contribution in [0.2, 0.25) is 0 Å². The third-order valence-corrected chi connectivity index (χ3v) is 8.17. The van der Waals surface area contributed by atoms with Crippen molar-refractivity contribution in [1.82, 2.24) is 19.7 Å². The van der Waals surface area contributed by atoms with Crippen LogP contribution in [0, 0.1) is 19.8 Å². The van der Waals surface area contributed by atoms with Gasteiger partial charge in [-0.25, -0.2) is 18.1 Å². The topological polar surface area (TPSA) is 148 Å². The van der Waals surface area contributed by atoms with Crippen molar-refractivity contribution in [2.24, 2.45) is 13.0 Å². The van der Waals surface area contributed by atoms with Crippen LogP contribution in [0.3, 0.4) is 0 Å². The standard InChI is InChI=1S/C28H30N6O5S/c1-17-5-4-6-18(2)26(17)24-14-25(32-28(31-24)33-40(37,38)23-15-29-34(3)16-23)39-22-11-9-20(10-12-22)30-21-8-7-19(13-21)27(35)36/h4-6,9-12,14-16,19,21,30H,7-8,13H2,1-3H3,(H,35,36)(H,31,32,33). The van der Waals surface area contributed by atoms with Crippen LogP contribution in [0.15, 0.2) is 65.8 Å². The van der Waals surface area contributed by atoms with E-state index in [4.69, 9.17) is 4.74 Å². The van der Waals surface area contributed by atoms with Crippen molar-refractivity contribution < 1.29 is 23.1 Å². The lowest BCUT2D eigenvalue weighted by Gasteiger charge is -2.15. The highest BCUT2D eigenvalue weighted by molar-refractivity contribution is 7.92. The Kier molecular flexibility index (Phi) is 7.44. The van der Waals surface area contributed by atoms with Crippen LogP contribution in [0.25, 0.3) is 11.3 Å². The summed E-state index contributed by atoms with van der Waals surface area (Å²) in [6.45, 7) is 3.92. The lowest BCUT2D eigenvalue weighted by molar-refractivity contribution is -0.141. The van der Waals surface area contributed by atoms with E-state index in [1.165, 1.54) is 17.1 Å². The lowest BCUT2D eigenvalue weighted by Crippen LogP contribution is -2.17. The predicted molar refractivity (Wildman–Crippen MR) is 150 cm³/mol. The molecule has 12 heteroatoms. The second-order valence-electron chi connectivity index (χ2n) is 9.95. The van der Waals surface area contributed by atoms with Crippen LogP contribution in [-0.4, -0.2) is 45.3 Å². The van der Waals surface area contributed by atoms with Crippen molar-refractivity contribution in [3.63, 3.8) is 0 Å². The summed E-state index contributed by atoms with van der Waals surface area (Å²) in [5.41, 5.74) is 4.16. The molecule has 0 radical (unpaired) electrons. The Morgan fingerprint density at radius 2 is 1.80 bits per heavy atom. The van der Waals surface area contributed by atoms with E-state index < -0.39 is 16.0 Å². The molecule has 2 aromatic heterocycles. The van der Waals surface area contributed by atoms with E-state index in [1.54, 1.807) is 25.2 Å². The number of aromatic nitrogens is 4. The molecule has 2 atom stereocenters. The zero-order valence-electron chi connectivity index (χ0n) is 22.3. The number of sulfonamides is 1. The van der Waals surface area contributed by atoms with E-state index >= 15 is 0 Å². The summed E-state index contributed by atoms with van der Waals surface area (Å²) in [7, 11) is -2.36. The molecular formula is C28H30N6O5S. The Morgan fingerprint density at radius 3 is 2.42 bits per heavy atom. The zero-order chi connectivity index (χ0) is 28.4. The van der Waals surface area contributed by atoms with Gasteiger partial charge in [0.1, 0.15) is 10.6 Å². The minimum absolute atomic E-state index is 0.0152. The van der Waals surface area contributed by atoms with Crippen molar-refractivity contribution in [1.29, 1.82) is 0 Å². The maximum absolute atomic E-state index is 13.0. The highest BCUT2D eigenvalue weighted by Gasteiger charge is 2.29. The third-order valence-electron chi connectivity index (χ3n) is 6.89. The van der Waals surface area contributed by atoms with Gasteiger partial charge in [0, 0.05) is 36.6 Å². The molecule has 0 saturated heterocycles. The second kappa shape index (κ2) is 11.0. The highest BCUT2D eigenvalue weighted by atomic mass is 32.2. The average Bonchev–Trinajstić information content (AvgIpc) is 3.55. The first-order valence-corrected chi connectivity index (χ1v) is 14.3. The molecule has 4 aromatic rings. The van der Waals surface area contributed by atoms with Gasteiger partial charge in [-0.3, -0.25) is 9.48 Å². The monoisotopic (exact) mass is 562 g/mol. The molecular weight excluding hydrogens is 532 g/mol. The van der Waals surface area contributed by atoms with Gasteiger partial charge in [-0.15, -0.1) is 0 Å². The first kappa shape index (κ1) is 27.1. The van der Waals surface area contributed by atoms with Crippen molar-refractivity contribution in [2.45, 2.75) is 44.0 Å². The molecule has 1 fully saturated rings. The molecule has 0 bridgehead atoms. The predicted octanol–water partition coefficient (Wildman–Crippen LogP) is 4.75. The average molecular weight is 563 g/mol. The number of rotatable bonds is 9. The van der Waals surface area contributed by atoms with Crippen LogP contribution in [0.1, 0.15) is 30.4 Å². The SMILES string of the molecule is Cc1cccc(C)c1-c1cc(Oc2ccc(NC3CCC(C(=O)O)C3)cc2)nc(NS(=O)(=O)c2cnn(C)c2)n1. The van der Waals surface area contributed by atoms with Gasteiger partial charge in [0.25, 0.3) is 10.0 Å². The van der Waals surface area contributed by atoms with E-state index in [1.807, 2.05) is 44.2 Å². The molecule has 0 spiro atoms. The quantitative estimate of drug-likeness (QED) is 0.263. The Labute approximate surface area is 232 Å². The summed E-state index contributed by atoms with van der Waals surface area (Å²) < 4.78 is 35.9. The molecule has 5 rings (SSSR count). The minimum atomic E-state index is -3.99. The molecule has 1 aliphatic rings. The maximum Gasteiger partial charge on any atom is 0.306 e. The minimum Gasteiger partial charge on any atom is -0.481 e. The first-order chi connectivity index (χ1) is 19.1. The van der Waals surface area contributed by atoms with Gasteiger partial charge in [0.2, 0.25) is 11.8 Å². The van der Waals surface area contributed by atoms with E-state index in [0.717, 1.165) is 28.8 Å². The highest BCUT2D eigenvalue weighted by Crippen LogP contribution is 2.32. The number of hydrogen-bond donors (Lipinski definition) is 3. The molecule has 11 nitrogen and oxygen atoms in total. The van der Waals surface area contributed by atoms with Gasteiger partial charge < -0.3 is 15.2 Å². The fraction of sp³-hybridized carbons (Fsp3) is 0.286. The van der Waals surface area contributed by atoms with Crippen molar-refractivity contribution in [3.8, 4) is 22.9 Å². The van der Waals surface area contributed by atoms with Crippen molar-refractivity contribution >= 4 is 27.6 Å². The zero-order valence-corrected chi connectivity index (χ0v) is 23.1. The fourth-order valence-corrected chi connectivity index (χ4v) is 5.83. The number of carboxylic acid groups (broad SMARTS) is 1. The van der Waals surface area contributed by atoms with Gasteiger partial charge in [-0.2, -0.15) is 10.1 Å². The Balaban J connectivity index is 1.41. The van der Waals surface area contributed by atoms with Crippen LogP contribution in [-0.2, 0) is 21.9 Å². The van der Waals surface area contributed by atoms with E-state index in [2.05, 4.69) is 25.1 Å². The molecule has 2 unspecified atom stereocenters. The third kappa shape index (κ3) is 6.07.